The molecule has 0 saturated heterocycles. The monoisotopic (exact) mass is 261 g/mol. The average Bonchev–Trinajstić information content (AvgIpc) is 2.98. The number of aromatic nitrogens is 1. The highest BCUT2D eigenvalue weighted by Gasteiger charge is 2.21. The van der Waals surface area contributed by atoms with Crippen molar-refractivity contribution < 1.29 is 5.11 Å². The summed E-state index contributed by atoms with van der Waals surface area (Å²) in [5, 5.41) is 12.2. The number of aliphatic hydroxyl groups is 1. The summed E-state index contributed by atoms with van der Waals surface area (Å²) in [4.78, 5) is 1.45. The predicted octanol–water partition coefficient (Wildman–Crippen LogP) is 3.53. The summed E-state index contributed by atoms with van der Waals surface area (Å²) < 4.78 is 2.32. The van der Waals surface area contributed by atoms with Crippen molar-refractivity contribution in [1.29, 1.82) is 0 Å². The highest BCUT2D eigenvalue weighted by Crippen LogP contribution is 2.31. The molecular weight excluding hydrogens is 242 g/mol. The molecule has 2 aromatic heterocycles. The van der Waals surface area contributed by atoms with E-state index < -0.39 is 0 Å². The van der Waals surface area contributed by atoms with Gasteiger partial charge in [-0.1, -0.05) is 6.92 Å². The highest BCUT2D eigenvalue weighted by atomic mass is 32.1. The SMILES string of the molecule is CCc1ccsc1Cn1ccc2c1CCCC2O. The van der Waals surface area contributed by atoms with E-state index in [1.807, 2.05) is 11.3 Å². The van der Waals surface area contributed by atoms with Crippen molar-refractivity contribution in [3.05, 3.63) is 45.4 Å². The molecule has 1 aliphatic carbocycles. The third-order valence-electron chi connectivity index (χ3n) is 3.90. The first kappa shape index (κ1) is 12.0. The molecule has 0 spiro atoms. The molecule has 3 rings (SSSR count). The first-order valence-electron chi connectivity index (χ1n) is 6.70. The maximum absolute atomic E-state index is 9.99. The summed E-state index contributed by atoms with van der Waals surface area (Å²) in [6.07, 6.45) is 6.11. The van der Waals surface area contributed by atoms with Crippen LogP contribution in [-0.2, 0) is 19.4 Å². The molecule has 3 heteroatoms. The second-order valence-corrected chi connectivity index (χ2v) is 5.98. The van der Waals surface area contributed by atoms with Crippen LogP contribution < -0.4 is 0 Å². The fourth-order valence-corrected chi connectivity index (χ4v) is 3.83. The van der Waals surface area contributed by atoms with E-state index in [1.165, 1.54) is 16.1 Å². The molecule has 0 radical (unpaired) electrons. The third kappa shape index (κ3) is 2.02. The zero-order valence-electron chi connectivity index (χ0n) is 10.7. The standard InChI is InChI=1S/C15H19NOS/c1-2-11-7-9-18-15(11)10-16-8-6-12-13(16)4-3-5-14(12)17/h6-9,14,17H,2-5,10H2,1H3. The van der Waals surface area contributed by atoms with E-state index in [0.29, 0.717) is 0 Å². The largest absolute Gasteiger partial charge is 0.388 e. The van der Waals surface area contributed by atoms with Crippen LogP contribution in [0.1, 0.15) is 47.6 Å². The Balaban J connectivity index is 1.90. The number of aryl methyl sites for hydroxylation is 1. The first-order chi connectivity index (χ1) is 8.79. The van der Waals surface area contributed by atoms with Gasteiger partial charge in [-0.2, -0.15) is 0 Å². The van der Waals surface area contributed by atoms with E-state index in [2.05, 4.69) is 35.2 Å². The van der Waals surface area contributed by atoms with Gasteiger partial charge in [0.15, 0.2) is 0 Å². The molecule has 2 heterocycles. The van der Waals surface area contributed by atoms with Crippen molar-refractivity contribution in [2.75, 3.05) is 0 Å². The van der Waals surface area contributed by atoms with E-state index >= 15 is 0 Å². The van der Waals surface area contributed by atoms with Crippen LogP contribution >= 0.6 is 11.3 Å². The Hall–Kier alpha value is -1.06. The molecule has 1 atom stereocenters. The first-order valence-corrected chi connectivity index (χ1v) is 7.58. The number of thiophene rings is 1. The normalized spacial score (nSPS) is 18.9. The van der Waals surface area contributed by atoms with Crippen molar-refractivity contribution in [2.24, 2.45) is 0 Å². The van der Waals surface area contributed by atoms with Gasteiger partial charge in [0, 0.05) is 22.3 Å². The Labute approximate surface area is 112 Å². The molecule has 0 amide bonds. The molecule has 96 valence electrons. The van der Waals surface area contributed by atoms with E-state index in [-0.39, 0.29) is 6.10 Å². The van der Waals surface area contributed by atoms with Crippen LogP contribution in [0.25, 0.3) is 0 Å². The molecule has 1 aliphatic rings. The number of fused-ring (bicyclic) bond motifs is 1. The molecule has 2 aromatic rings. The molecule has 0 aliphatic heterocycles. The second kappa shape index (κ2) is 4.90. The van der Waals surface area contributed by atoms with Gasteiger partial charge in [0.25, 0.3) is 0 Å². The summed E-state index contributed by atoms with van der Waals surface area (Å²) in [5.41, 5.74) is 3.94. The van der Waals surface area contributed by atoms with Gasteiger partial charge >= 0.3 is 0 Å². The van der Waals surface area contributed by atoms with E-state index in [0.717, 1.165) is 37.8 Å². The van der Waals surface area contributed by atoms with Crippen molar-refractivity contribution in [3.8, 4) is 0 Å². The van der Waals surface area contributed by atoms with Crippen molar-refractivity contribution >= 4 is 11.3 Å². The molecular formula is C15H19NOS. The predicted molar refractivity (Wildman–Crippen MR) is 75.1 cm³/mol. The molecule has 1 N–H and O–H groups in total. The summed E-state index contributed by atoms with van der Waals surface area (Å²) in [5.74, 6) is 0. The van der Waals surface area contributed by atoms with Crippen LogP contribution in [0.4, 0.5) is 0 Å². The van der Waals surface area contributed by atoms with Crippen molar-refractivity contribution in [3.63, 3.8) is 0 Å². The number of nitrogens with zero attached hydrogens (tertiary/aromatic N) is 1. The van der Waals surface area contributed by atoms with Crippen LogP contribution in [-0.4, -0.2) is 9.67 Å². The van der Waals surface area contributed by atoms with Crippen molar-refractivity contribution in [1.82, 2.24) is 4.57 Å². The summed E-state index contributed by atoms with van der Waals surface area (Å²) in [6.45, 7) is 3.17. The molecule has 1 unspecified atom stereocenters. The molecule has 0 bridgehead atoms. The third-order valence-corrected chi connectivity index (χ3v) is 4.84. The van der Waals surface area contributed by atoms with Crippen LogP contribution in [0, 0.1) is 0 Å². The molecule has 0 aromatic carbocycles. The Morgan fingerprint density at radius 3 is 3.17 bits per heavy atom. The number of aliphatic hydroxyl groups excluding tert-OH is 1. The Morgan fingerprint density at radius 2 is 2.33 bits per heavy atom. The summed E-state index contributed by atoms with van der Waals surface area (Å²) >= 11 is 1.84. The Bertz CT molecular complexity index is 540. The fourth-order valence-electron chi connectivity index (χ4n) is 2.86. The smallest absolute Gasteiger partial charge is 0.0807 e. The number of hydrogen-bond acceptors (Lipinski definition) is 2. The van der Waals surface area contributed by atoms with Gasteiger partial charge in [-0.05, 0) is 48.8 Å². The second-order valence-electron chi connectivity index (χ2n) is 4.98. The number of rotatable bonds is 3. The van der Waals surface area contributed by atoms with Crippen molar-refractivity contribution in [2.45, 2.75) is 45.3 Å². The summed E-state index contributed by atoms with van der Waals surface area (Å²) in [6, 6.07) is 4.32. The maximum atomic E-state index is 9.99. The van der Waals surface area contributed by atoms with Gasteiger partial charge in [0.1, 0.15) is 0 Å². The molecule has 18 heavy (non-hydrogen) atoms. The Kier molecular flexibility index (Phi) is 3.27. The van der Waals surface area contributed by atoms with Gasteiger partial charge in [0.05, 0.1) is 12.6 Å². The van der Waals surface area contributed by atoms with E-state index in [1.54, 1.807) is 0 Å². The molecule has 2 nitrogen and oxygen atoms in total. The lowest BCUT2D eigenvalue weighted by Gasteiger charge is -2.20. The molecule has 0 fully saturated rings. The van der Waals surface area contributed by atoms with E-state index in [4.69, 9.17) is 0 Å². The zero-order chi connectivity index (χ0) is 12.5. The fraction of sp³-hybridized carbons (Fsp3) is 0.467. The van der Waals surface area contributed by atoms with Crippen LogP contribution in [0.3, 0.4) is 0 Å². The number of hydrogen-bond donors (Lipinski definition) is 1. The minimum atomic E-state index is -0.246. The van der Waals surface area contributed by atoms with Crippen LogP contribution in [0.2, 0.25) is 0 Å². The topological polar surface area (TPSA) is 25.2 Å². The quantitative estimate of drug-likeness (QED) is 0.898. The Morgan fingerprint density at radius 1 is 1.44 bits per heavy atom. The minimum absolute atomic E-state index is 0.246. The van der Waals surface area contributed by atoms with Gasteiger partial charge in [0.2, 0.25) is 0 Å². The lowest BCUT2D eigenvalue weighted by Crippen LogP contribution is -2.12. The lowest BCUT2D eigenvalue weighted by atomic mass is 9.95. The van der Waals surface area contributed by atoms with Gasteiger partial charge in [-0.15, -0.1) is 11.3 Å². The minimum Gasteiger partial charge on any atom is -0.388 e. The zero-order valence-corrected chi connectivity index (χ0v) is 11.5. The van der Waals surface area contributed by atoms with Crippen LogP contribution in [0.5, 0.6) is 0 Å². The lowest BCUT2D eigenvalue weighted by molar-refractivity contribution is 0.156. The average molecular weight is 261 g/mol. The van der Waals surface area contributed by atoms with E-state index in [9.17, 15) is 5.11 Å². The van der Waals surface area contributed by atoms with Gasteiger partial charge < -0.3 is 9.67 Å². The van der Waals surface area contributed by atoms with Crippen LogP contribution in [0.15, 0.2) is 23.7 Å². The highest BCUT2D eigenvalue weighted by molar-refractivity contribution is 7.10. The summed E-state index contributed by atoms with van der Waals surface area (Å²) in [7, 11) is 0. The van der Waals surface area contributed by atoms with Gasteiger partial charge in [-0.3, -0.25) is 0 Å². The van der Waals surface area contributed by atoms with Gasteiger partial charge in [-0.25, -0.2) is 0 Å². The maximum Gasteiger partial charge on any atom is 0.0807 e. The molecule has 0 saturated carbocycles.